The smallest absolute Gasteiger partial charge is 0.275 e. The summed E-state index contributed by atoms with van der Waals surface area (Å²) in [5.41, 5.74) is 5.39. The van der Waals surface area contributed by atoms with E-state index in [0.29, 0.717) is 23.0 Å². The molecular weight excluding hydrogens is 684 g/mol. The predicted molar refractivity (Wildman–Crippen MR) is 210 cm³/mol. The zero-order valence-corrected chi connectivity index (χ0v) is 34.6. The molecule has 0 spiro atoms. The summed E-state index contributed by atoms with van der Waals surface area (Å²) in [7, 11) is -0.845. The lowest BCUT2D eigenvalue weighted by Gasteiger charge is -2.34. The van der Waals surface area contributed by atoms with Crippen molar-refractivity contribution in [2.24, 2.45) is 0 Å². The van der Waals surface area contributed by atoms with E-state index in [1.54, 1.807) is 24.3 Å². The first-order valence-electron chi connectivity index (χ1n) is 17.2. The molecule has 0 bridgehead atoms. The molecule has 0 amide bonds. The Morgan fingerprint density at radius 3 is 1.22 bits per heavy atom. The normalized spacial score (nSPS) is 12.9. The number of halogens is 2. The summed E-state index contributed by atoms with van der Waals surface area (Å²) in [5.74, 6) is 2.41. The number of hydrogen-bond acceptors (Lipinski definition) is 5. The molecule has 5 nitrogen and oxygen atoms in total. The Balaban J connectivity index is 2.07. The van der Waals surface area contributed by atoms with Crippen molar-refractivity contribution in [3.05, 3.63) is 100 Å². The van der Waals surface area contributed by atoms with E-state index < -0.39 is 23.7 Å². The van der Waals surface area contributed by atoms with Crippen LogP contribution >= 0.6 is 18.1 Å². The van der Waals surface area contributed by atoms with Gasteiger partial charge < -0.3 is 22.8 Å². The van der Waals surface area contributed by atoms with Crippen LogP contribution in [0.1, 0.15) is 111 Å². The SMILES string of the molecule is Cc1c(OC(C)(C)C)cc(C(C)(C)C)c(OPOc2ccc(F)cc2)c1-c1c(C)c(C(C)(C)C)cc(C(C)(C)C)c1OPOc1ccc(F)cc1. The van der Waals surface area contributed by atoms with Gasteiger partial charge in [-0.15, -0.1) is 0 Å². The van der Waals surface area contributed by atoms with Crippen molar-refractivity contribution in [2.45, 2.75) is 119 Å². The lowest BCUT2D eigenvalue weighted by molar-refractivity contribution is 0.129. The Morgan fingerprint density at radius 1 is 0.471 bits per heavy atom. The average molecular weight is 739 g/mol. The van der Waals surface area contributed by atoms with Gasteiger partial charge in [0.05, 0.1) is 0 Å². The van der Waals surface area contributed by atoms with E-state index in [1.807, 2.05) is 20.8 Å². The maximum absolute atomic E-state index is 13.7. The molecular formula is C42H54F2O5P2. The van der Waals surface area contributed by atoms with Crippen molar-refractivity contribution in [2.75, 3.05) is 0 Å². The molecule has 0 saturated heterocycles. The molecule has 0 saturated carbocycles. The van der Waals surface area contributed by atoms with E-state index in [4.69, 9.17) is 22.8 Å². The minimum Gasteiger partial charge on any atom is -0.488 e. The first-order valence-corrected chi connectivity index (χ1v) is 18.8. The zero-order valence-electron chi connectivity index (χ0n) is 32.6. The number of hydrogen-bond donors (Lipinski definition) is 0. The zero-order chi connectivity index (χ0) is 38.1. The highest BCUT2D eigenvalue weighted by molar-refractivity contribution is 7.27. The van der Waals surface area contributed by atoms with Crippen LogP contribution in [0.15, 0.2) is 60.7 Å². The molecule has 0 aliphatic rings. The highest BCUT2D eigenvalue weighted by Gasteiger charge is 2.35. The molecule has 51 heavy (non-hydrogen) atoms. The van der Waals surface area contributed by atoms with Crippen LogP contribution in [-0.4, -0.2) is 5.60 Å². The van der Waals surface area contributed by atoms with Gasteiger partial charge in [0, 0.05) is 27.8 Å². The predicted octanol–water partition coefficient (Wildman–Crippen LogP) is 13.3. The third-order valence-corrected chi connectivity index (χ3v) is 9.57. The van der Waals surface area contributed by atoms with Gasteiger partial charge in [-0.3, -0.25) is 0 Å². The molecule has 0 aliphatic carbocycles. The van der Waals surface area contributed by atoms with Gasteiger partial charge in [0.1, 0.15) is 46.0 Å². The fourth-order valence-corrected chi connectivity index (χ4v) is 7.00. The lowest BCUT2D eigenvalue weighted by Crippen LogP contribution is -2.24. The van der Waals surface area contributed by atoms with E-state index in [0.717, 1.165) is 39.1 Å². The van der Waals surface area contributed by atoms with Gasteiger partial charge in [-0.1, -0.05) is 68.4 Å². The molecule has 9 heteroatoms. The third-order valence-electron chi connectivity index (χ3n) is 8.36. The molecule has 2 unspecified atom stereocenters. The molecule has 0 N–H and O–H groups in total. The van der Waals surface area contributed by atoms with Gasteiger partial charge in [-0.2, -0.15) is 0 Å². The summed E-state index contributed by atoms with van der Waals surface area (Å²) >= 11 is 0. The van der Waals surface area contributed by atoms with Gasteiger partial charge in [0.15, 0.2) is 0 Å². The van der Waals surface area contributed by atoms with Crippen molar-refractivity contribution in [1.29, 1.82) is 0 Å². The molecule has 4 rings (SSSR count). The Labute approximate surface area is 307 Å². The van der Waals surface area contributed by atoms with Crippen molar-refractivity contribution in [3.63, 3.8) is 0 Å². The molecule has 0 fully saturated rings. The molecule has 2 atom stereocenters. The number of rotatable bonds is 10. The van der Waals surface area contributed by atoms with Crippen LogP contribution in [0.2, 0.25) is 0 Å². The van der Waals surface area contributed by atoms with E-state index in [1.165, 1.54) is 29.8 Å². The van der Waals surface area contributed by atoms with Gasteiger partial charge in [-0.25, -0.2) is 8.78 Å². The van der Waals surface area contributed by atoms with E-state index in [2.05, 4.69) is 88.3 Å². The summed E-state index contributed by atoms with van der Waals surface area (Å²) in [5, 5.41) is 0. The molecule has 0 aromatic heterocycles. The maximum atomic E-state index is 13.7. The highest BCUT2D eigenvalue weighted by atomic mass is 31.1. The van der Waals surface area contributed by atoms with Crippen LogP contribution < -0.4 is 22.8 Å². The summed E-state index contributed by atoms with van der Waals surface area (Å²) in [4.78, 5) is 0. The largest absolute Gasteiger partial charge is 0.488 e. The summed E-state index contributed by atoms with van der Waals surface area (Å²) in [6.45, 7) is 29.9. The van der Waals surface area contributed by atoms with Gasteiger partial charge >= 0.3 is 0 Å². The fourth-order valence-electron chi connectivity index (χ4n) is 5.86. The average Bonchev–Trinajstić information content (AvgIpc) is 2.98. The Hall–Kier alpha value is -3.40. The minimum atomic E-state index is -0.477. The van der Waals surface area contributed by atoms with E-state index in [9.17, 15) is 8.78 Å². The first kappa shape index (κ1) is 40.4. The van der Waals surface area contributed by atoms with Gasteiger partial charge in [0.2, 0.25) is 0 Å². The second kappa shape index (κ2) is 15.3. The topological polar surface area (TPSA) is 46.2 Å². The van der Waals surface area contributed by atoms with Crippen molar-refractivity contribution >= 4 is 18.1 Å². The molecule has 0 radical (unpaired) electrons. The van der Waals surface area contributed by atoms with Crippen LogP contribution in [0, 0.1) is 25.5 Å². The summed E-state index contributed by atoms with van der Waals surface area (Å²) in [6.07, 6.45) is 0. The lowest BCUT2D eigenvalue weighted by atomic mass is 9.74. The van der Waals surface area contributed by atoms with Crippen LogP contribution in [0.4, 0.5) is 8.78 Å². The number of ether oxygens (including phenoxy) is 1. The van der Waals surface area contributed by atoms with Crippen molar-refractivity contribution < 1.29 is 31.6 Å². The second-order valence-corrected chi connectivity index (χ2v) is 18.1. The summed E-state index contributed by atoms with van der Waals surface area (Å²) in [6, 6.07) is 16.1. The fraction of sp³-hybridized carbons (Fsp3) is 0.429. The summed E-state index contributed by atoms with van der Waals surface area (Å²) < 4.78 is 59.6. The highest BCUT2D eigenvalue weighted by Crippen LogP contribution is 2.55. The molecule has 0 aliphatic heterocycles. The second-order valence-electron chi connectivity index (χ2n) is 17.0. The van der Waals surface area contributed by atoms with E-state index >= 15 is 0 Å². The standard InChI is InChI=1S/C42H54F2O5P2/c1-25-31(39(3,4)5)23-32(40(6,7)8)37(48-50-46-29-19-15-27(43)16-20-29)35(25)36-26(2)34(45-42(12,13)14)24-33(41(9,10)11)38(36)49-51-47-30-21-17-28(44)18-22-30/h15-24,50-51H,1-14H3. The maximum Gasteiger partial charge on any atom is 0.275 e. The van der Waals surface area contributed by atoms with Crippen LogP contribution in [0.5, 0.6) is 28.7 Å². The quantitative estimate of drug-likeness (QED) is 0.152. The van der Waals surface area contributed by atoms with Crippen LogP contribution in [-0.2, 0) is 16.2 Å². The Bertz CT molecular complexity index is 1830. The van der Waals surface area contributed by atoms with Gasteiger partial charge in [0.25, 0.3) is 18.1 Å². The van der Waals surface area contributed by atoms with Crippen LogP contribution in [0.3, 0.4) is 0 Å². The minimum absolute atomic E-state index is 0.209. The van der Waals surface area contributed by atoms with Gasteiger partial charge in [-0.05, 0) is 117 Å². The van der Waals surface area contributed by atoms with E-state index in [-0.39, 0.29) is 27.9 Å². The molecule has 4 aromatic carbocycles. The Morgan fingerprint density at radius 2 is 0.843 bits per heavy atom. The molecule has 0 heterocycles. The van der Waals surface area contributed by atoms with Crippen molar-refractivity contribution in [1.82, 2.24) is 0 Å². The third kappa shape index (κ3) is 10.1. The molecule has 276 valence electrons. The number of benzene rings is 4. The monoisotopic (exact) mass is 738 g/mol. The Kier molecular flexibility index (Phi) is 12.1. The van der Waals surface area contributed by atoms with Crippen molar-refractivity contribution in [3.8, 4) is 39.9 Å². The van der Waals surface area contributed by atoms with Crippen LogP contribution in [0.25, 0.3) is 11.1 Å². The molecule has 4 aromatic rings. The first-order chi connectivity index (χ1) is 23.5.